The van der Waals surface area contributed by atoms with Crippen LogP contribution in [0.25, 0.3) is 0 Å². The van der Waals surface area contributed by atoms with Gasteiger partial charge in [-0.3, -0.25) is 4.52 Å². The normalized spacial score (nSPS) is 43.7. The molecule has 6 atom stereocenters. The molecule has 0 amide bonds. The Morgan fingerprint density at radius 3 is 1.65 bits per heavy atom. The van der Waals surface area contributed by atoms with Crippen LogP contribution in [-0.2, 0) is 13.8 Å². The van der Waals surface area contributed by atoms with Gasteiger partial charge in [0.1, 0.15) is 36.6 Å². The van der Waals surface area contributed by atoms with Gasteiger partial charge >= 0.3 is 7.82 Å². The monoisotopic (exact) mass is 274 g/mol. The van der Waals surface area contributed by atoms with Crippen molar-refractivity contribution in [3.63, 3.8) is 0 Å². The number of phosphoric acid groups is 1. The Kier molecular flexibility index (Phi) is 4.64. The topological polar surface area (TPSA) is 157 Å². The number of hydrogen-bond acceptors (Lipinski definition) is 7. The summed E-state index contributed by atoms with van der Waals surface area (Å²) in [7, 11) is -3.84. The predicted molar refractivity (Wildman–Crippen MR) is 51.7 cm³/mol. The highest BCUT2D eigenvalue weighted by molar-refractivity contribution is 7.46. The van der Waals surface area contributed by atoms with Gasteiger partial charge in [0.05, 0.1) is 0 Å². The number of rotatable bonds is 3. The molecule has 102 valence electrons. The minimum Gasteiger partial charge on any atom is -0.387 e. The maximum Gasteiger partial charge on any atom is 0.470 e. The summed E-state index contributed by atoms with van der Waals surface area (Å²) in [6.45, 7) is 0. The molecule has 1 aliphatic carbocycles. The van der Waals surface area contributed by atoms with E-state index in [-0.39, 0.29) is 0 Å². The van der Waals surface area contributed by atoms with E-state index in [0.717, 1.165) is 7.11 Å². The molecule has 0 aliphatic heterocycles. The standard InChI is InChI=1S/C7H15O9P/c1-15-6-4(10)2(8)3(9)5(11)7(6)16-17(12,13)14/h2-11H,1H3,(H2,12,13,14)/t2-,3-,4+,5+,6+,7-/m0/s1. The molecule has 17 heavy (non-hydrogen) atoms. The van der Waals surface area contributed by atoms with Crippen molar-refractivity contribution >= 4 is 7.82 Å². The number of aliphatic hydroxyl groups is 4. The highest BCUT2D eigenvalue weighted by Gasteiger charge is 2.51. The van der Waals surface area contributed by atoms with Crippen molar-refractivity contribution in [1.82, 2.24) is 0 Å². The number of phosphoric ester groups is 1. The zero-order valence-electron chi connectivity index (χ0n) is 8.82. The molecule has 1 fully saturated rings. The molecule has 10 heteroatoms. The fraction of sp³-hybridized carbons (Fsp3) is 1.00. The average molecular weight is 274 g/mol. The molecule has 1 saturated carbocycles. The number of aliphatic hydroxyl groups excluding tert-OH is 4. The molecule has 6 N–H and O–H groups in total. The van der Waals surface area contributed by atoms with Gasteiger partial charge in [-0.05, 0) is 0 Å². The lowest BCUT2D eigenvalue weighted by molar-refractivity contribution is -0.225. The highest BCUT2D eigenvalue weighted by atomic mass is 31.2. The lowest BCUT2D eigenvalue weighted by atomic mass is 9.85. The molecule has 9 nitrogen and oxygen atoms in total. The molecule has 0 heterocycles. The second-order valence-corrected chi connectivity index (χ2v) is 4.92. The second kappa shape index (κ2) is 5.27. The largest absolute Gasteiger partial charge is 0.470 e. The maximum atomic E-state index is 10.7. The zero-order chi connectivity index (χ0) is 13.4. The molecule has 0 unspecified atom stereocenters. The van der Waals surface area contributed by atoms with Gasteiger partial charge in [0, 0.05) is 7.11 Å². The molecule has 0 aromatic rings. The summed E-state index contributed by atoms with van der Waals surface area (Å²) in [5.74, 6) is 0. The summed E-state index contributed by atoms with van der Waals surface area (Å²) in [6, 6.07) is 0. The fourth-order valence-electron chi connectivity index (χ4n) is 1.74. The predicted octanol–water partition coefficient (Wildman–Crippen LogP) is -3.06. The van der Waals surface area contributed by atoms with Gasteiger partial charge in [0.25, 0.3) is 0 Å². The van der Waals surface area contributed by atoms with Crippen LogP contribution in [0, 0.1) is 0 Å². The van der Waals surface area contributed by atoms with Gasteiger partial charge in [0.15, 0.2) is 0 Å². The smallest absolute Gasteiger partial charge is 0.387 e. The molecule has 0 spiro atoms. The van der Waals surface area contributed by atoms with Crippen LogP contribution in [0.3, 0.4) is 0 Å². The molecule has 0 bridgehead atoms. The maximum absolute atomic E-state index is 10.7. The molecule has 1 aliphatic rings. The molecule has 0 radical (unpaired) electrons. The third-order valence-corrected chi connectivity index (χ3v) is 3.10. The van der Waals surface area contributed by atoms with Crippen molar-refractivity contribution in [3.05, 3.63) is 0 Å². The number of methoxy groups -OCH3 is 1. The van der Waals surface area contributed by atoms with E-state index in [1.807, 2.05) is 0 Å². The Morgan fingerprint density at radius 2 is 1.29 bits per heavy atom. The van der Waals surface area contributed by atoms with Crippen LogP contribution in [0.2, 0.25) is 0 Å². The van der Waals surface area contributed by atoms with Crippen LogP contribution in [0.1, 0.15) is 0 Å². The summed E-state index contributed by atoms with van der Waals surface area (Å²) in [6.07, 6.45) is -9.98. The number of hydrogen-bond donors (Lipinski definition) is 6. The van der Waals surface area contributed by atoms with Gasteiger partial charge in [-0.2, -0.15) is 0 Å². The SMILES string of the molecule is CO[C@@H]1[C@H](O)[C@@H](O)[C@H](O)[C@@H](O)[C@@H]1OP(=O)(O)O. The first kappa shape index (κ1) is 15.0. The molecule has 1 rings (SSSR count). The van der Waals surface area contributed by atoms with E-state index < -0.39 is 44.4 Å². The minimum absolute atomic E-state index is 1.10. The third-order valence-electron chi connectivity index (χ3n) is 2.58. The van der Waals surface area contributed by atoms with E-state index >= 15 is 0 Å². The van der Waals surface area contributed by atoms with E-state index in [1.54, 1.807) is 0 Å². The van der Waals surface area contributed by atoms with Gasteiger partial charge < -0.3 is 34.9 Å². The van der Waals surface area contributed by atoms with Crippen molar-refractivity contribution in [3.8, 4) is 0 Å². The lowest BCUT2D eigenvalue weighted by Gasteiger charge is -2.42. The zero-order valence-corrected chi connectivity index (χ0v) is 9.71. The third kappa shape index (κ3) is 3.22. The van der Waals surface area contributed by atoms with Crippen molar-refractivity contribution in [1.29, 1.82) is 0 Å². The molecule has 0 aromatic carbocycles. The van der Waals surface area contributed by atoms with Crippen LogP contribution in [0.15, 0.2) is 0 Å². The lowest BCUT2D eigenvalue weighted by Crippen LogP contribution is -2.64. The van der Waals surface area contributed by atoms with E-state index in [2.05, 4.69) is 4.52 Å². The summed E-state index contributed by atoms with van der Waals surface area (Å²) >= 11 is 0. The van der Waals surface area contributed by atoms with E-state index in [4.69, 9.17) is 14.5 Å². The molecule has 0 saturated heterocycles. The van der Waals surface area contributed by atoms with Crippen molar-refractivity contribution < 1.29 is 44.0 Å². The van der Waals surface area contributed by atoms with Crippen molar-refractivity contribution in [2.75, 3.05) is 7.11 Å². The average Bonchev–Trinajstić information content (AvgIpc) is 2.22. The first-order valence-corrected chi connectivity index (χ1v) is 6.21. The summed E-state index contributed by atoms with van der Waals surface area (Å²) in [4.78, 5) is 17.3. The van der Waals surface area contributed by atoms with Crippen LogP contribution in [-0.4, -0.2) is 73.9 Å². The first-order valence-electron chi connectivity index (χ1n) is 4.68. The Hall–Kier alpha value is -0.0900. The van der Waals surface area contributed by atoms with E-state index in [1.165, 1.54) is 0 Å². The summed E-state index contributed by atoms with van der Waals surface area (Å²) in [5.41, 5.74) is 0. The summed E-state index contributed by atoms with van der Waals surface area (Å²) < 4.78 is 19.6. The van der Waals surface area contributed by atoms with Gasteiger partial charge in [-0.25, -0.2) is 4.57 Å². The van der Waals surface area contributed by atoms with E-state index in [9.17, 15) is 25.0 Å². The Morgan fingerprint density at radius 1 is 0.882 bits per heavy atom. The van der Waals surface area contributed by atoms with Crippen molar-refractivity contribution in [2.24, 2.45) is 0 Å². The van der Waals surface area contributed by atoms with Gasteiger partial charge in [-0.15, -0.1) is 0 Å². The van der Waals surface area contributed by atoms with E-state index in [0.29, 0.717) is 0 Å². The Bertz CT molecular complexity index is 304. The Balaban J connectivity index is 2.94. The quantitative estimate of drug-likeness (QED) is 0.294. The molecule has 0 aromatic heterocycles. The fourth-order valence-corrected chi connectivity index (χ4v) is 2.30. The summed E-state index contributed by atoms with van der Waals surface area (Å²) in [5, 5.41) is 37.7. The molecular formula is C7H15O9P. The minimum atomic E-state index is -4.94. The van der Waals surface area contributed by atoms with Crippen LogP contribution >= 0.6 is 7.82 Å². The van der Waals surface area contributed by atoms with Crippen LogP contribution < -0.4 is 0 Å². The first-order chi connectivity index (χ1) is 7.69. The van der Waals surface area contributed by atoms with Crippen LogP contribution in [0.5, 0.6) is 0 Å². The van der Waals surface area contributed by atoms with Crippen LogP contribution in [0.4, 0.5) is 0 Å². The van der Waals surface area contributed by atoms with Crippen molar-refractivity contribution in [2.45, 2.75) is 36.6 Å². The van der Waals surface area contributed by atoms with Gasteiger partial charge in [-0.1, -0.05) is 0 Å². The number of ether oxygens (including phenoxy) is 1. The highest BCUT2D eigenvalue weighted by Crippen LogP contribution is 2.41. The second-order valence-electron chi connectivity index (χ2n) is 3.72. The Labute approximate surface area is 96.5 Å². The molecular weight excluding hydrogens is 259 g/mol. The van der Waals surface area contributed by atoms with Gasteiger partial charge in [0.2, 0.25) is 0 Å².